The van der Waals surface area contributed by atoms with E-state index in [2.05, 4.69) is 39.0 Å². The molecule has 1 unspecified atom stereocenters. The third-order valence-electron chi connectivity index (χ3n) is 3.09. The second kappa shape index (κ2) is 2.73. The SMILES string of the molecule is Cc1ccc2c(c1)C(C)(C)CP2(C)=O. The molecule has 14 heavy (non-hydrogen) atoms. The summed E-state index contributed by atoms with van der Waals surface area (Å²) in [5.74, 6) is 0. The van der Waals surface area contributed by atoms with Crippen LogP contribution < -0.4 is 5.30 Å². The molecule has 0 aliphatic carbocycles. The van der Waals surface area contributed by atoms with Crippen molar-refractivity contribution in [3.05, 3.63) is 29.3 Å². The molecule has 2 heteroatoms. The van der Waals surface area contributed by atoms with Crippen molar-refractivity contribution in [3.63, 3.8) is 0 Å². The molecule has 1 heterocycles. The van der Waals surface area contributed by atoms with Gasteiger partial charge in [-0.2, -0.15) is 0 Å². The Kier molecular flexibility index (Phi) is 1.95. The predicted octanol–water partition coefficient (Wildman–Crippen LogP) is 2.90. The summed E-state index contributed by atoms with van der Waals surface area (Å²) in [7, 11) is -2.07. The van der Waals surface area contributed by atoms with E-state index in [4.69, 9.17) is 0 Å². The summed E-state index contributed by atoms with van der Waals surface area (Å²) in [6, 6.07) is 6.31. The quantitative estimate of drug-likeness (QED) is 0.599. The molecule has 76 valence electrons. The third kappa shape index (κ3) is 1.35. The van der Waals surface area contributed by atoms with Gasteiger partial charge in [-0.25, -0.2) is 0 Å². The minimum absolute atomic E-state index is 0.0889. The number of hydrogen-bond donors (Lipinski definition) is 0. The third-order valence-corrected chi connectivity index (χ3v) is 5.89. The lowest BCUT2D eigenvalue weighted by Gasteiger charge is -2.18. The van der Waals surface area contributed by atoms with Crippen LogP contribution >= 0.6 is 7.14 Å². The lowest BCUT2D eigenvalue weighted by atomic mass is 9.86. The van der Waals surface area contributed by atoms with Gasteiger partial charge < -0.3 is 4.57 Å². The van der Waals surface area contributed by atoms with Crippen molar-refractivity contribution in [1.82, 2.24) is 0 Å². The summed E-state index contributed by atoms with van der Waals surface area (Å²) < 4.78 is 12.4. The lowest BCUT2D eigenvalue weighted by molar-refractivity contribution is 0.565. The zero-order valence-corrected chi connectivity index (χ0v) is 10.2. The highest BCUT2D eigenvalue weighted by Gasteiger charge is 2.41. The molecule has 1 aliphatic heterocycles. The van der Waals surface area contributed by atoms with E-state index < -0.39 is 7.14 Å². The Morgan fingerprint density at radius 3 is 2.64 bits per heavy atom. The molecular formula is C12H17OP. The van der Waals surface area contributed by atoms with Crippen molar-refractivity contribution in [2.75, 3.05) is 12.8 Å². The molecule has 0 aromatic heterocycles. The molecule has 0 N–H and O–H groups in total. The number of benzene rings is 1. The minimum Gasteiger partial charge on any atom is -0.319 e. The van der Waals surface area contributed by atoms with E-state index in [0.717, 1.165) is 11.5 Å². The first-order valence-corrected chi connectivity index (χ1v) is 7.35. The van der Waals surface area contributed by atoms with Crippen LogP contribution in [0.5, 0.6) is 0 Å². The molecule has 2 rings (SSSR count). The standard InChI is InChI=1S/C12H17OP/c1-9-5-6-11-10(7-9)12(2,3)8-14(11,4)13/h5-7H,8H2,1-4H3. The van der Waals surface area contributed by atoms with E-state index in [0.29, 0.717) is 0 Å². The van der Waals surface area contributed by atoms with Crippen LogP contribution in [0, 0.1) is 6.92 Å². The molecule has 1 aliphatic rings. The average Bonchev–Trinajstić information content (AvgIpc) is 2.17. The van der Waals surface area contributed by atoms with Gasteiger partial charge in [-0.1, -0.05) is 37.6 Å². The Morgan fingerprint density at radius 1 is 1.36 bits per heavy atom. The number of hydrogen-bond acceptors (Lipinski definition) is 1. The molecule has 0 saturated heterocycles. The van der Waals surface area contributed by atoms with E-state index >= 15 is 0 Å². The fourth-order valence-corrected chi connectivity index (χ4v) is 5.65. The Bertz CT molecular complexity index is 432. The van der Waals surface area contributed by atoms with Crippen molar-refractivity contribution in [3.8, 4) is 0 Å². The second-order valence-electron chi connectivity index (χ2n) is 5.16. The predicted molar refractivity (Wildman–Crippen MR) is 62.2 cm³/mol. The van der Waals surface area contributed by atoms with Crippen molar-refractivity contribution in [1.29, 1.82) is 0 Å². The molecule has 1 nitrogen and oxygen atoms in total. The topological polar surface area (TPSA) is 17.1 Å². The highest BCUT2D eigenvalue weighted by Crippen LogP contribution is 2.54. The van der Waals surface area contributed by atoms with E-state index in [1.54, 1.807) is 0 Å². The Morgan fingerprint density at radius 2 is 2.00 bits per heavy atom. The van der Waals surface area contributed by atoms with Crippen LogP contribution in [0.2, 0.25) is 0 Å². The van der Waals surface area contributed by atoms with Gasteiger partial charge in [-0.15, -0.1) is 0 Å². The van der Waals surface area contributed by atoms with Crippen LogP contribution in [0.25, 0.3) is 0 Å². The van der Waals surface area contributed by atoms with E-state index in [9.17, 15) is 4.57 Å². The summed E-state index contributed by atoms with van der Waals surface area (Å²) in [6.45, 7) is 8.38. The summed E-state index contributed by atoms with van der Waals surface area (Å²) in [5.41, 5.74) is 2.65. The maximum absolute atomic E-state index is 12.4. The van der Waals surface area contributed by atoms with Gasteiger partial charge in [0.15, 0.2) is 0 Å². The maximum Gasteiger partial charge on any atom is 0.113 e. The van der Waals surface area contributed by atoms with Crippen LogP contribution in [0.15, 0.2) is 18.2 Å². The van der Waals surface area contributed by atoms with Crippen LogP contribution in [0.4, 0.5) is 0 Å². The average molecular weight is 208 g/mol. The fourth-order valence-electron chi connectivity index (χ4n) is 2.53. The summed E-state index contributed by atoms with van der Waals surface area (Å²) >= 11 is 0. The van der Waals surface area contributed by atoms with Gasteiger partial charge >= 0.3 is 0 Å². The van der Waals surface area contributed by atoms with Crippen molar-refractivity contribution in [2.45, 2.75) is 26.2 Å². The highest BCUT2D eigenvalue weighted by molar-refractivity contribution is 7.71. The molecule has 0 saturated carbocycles. The van der Waals surface area contributed by atoms with Crippen LogP contribution in [-0.2, 0) is 9.98 Å². The van der Waals surface area contributed by atoms with Crippen molar-refractivity contribution in [2.24, 2.45) is 0 Å². The molecule has 1 atom stereocenters. The fraction of sp³-hybridized carbons (Fsp3) is 0.500. The van der Waals surface area contributed by atoms with Crippen LogP contribution in [0.1, 0.15) is 25.0 Å². The Hall–Kier alpha value is -0.550. The van der Waals surface area contributed by atoms with Gasteiger partial charge in [0.25, 0.3) is 0 Å². The Labute approximate surface area is 85.9 Å². The molecule has 0 radical (unpaired) electrons. The zero-order chi connectivity index (χ0) is 10.6. The number of aryl methyl sites for hydroxylation is 1. The van der Waals surface area contributed by atoms with Gasteiger partial charge in [0.05, 0.1) is 0 Å². The Balaban J connectivity index is 2.72. The van der Waals surface area contributed by atoms with Gasteiger partial charge in [-0.3, -0.25) is 0 Å². The van der Waals surface area contributed by atoms with Gasteiger partial charge in [-0.05, 0) is 24.6 Å². The first-order chi connectivity index (χ1) is 6.33. The van der Waals surface area contributed by atoms with Crippen LogP contribution in [0.3, 0.4) is 0 Å². The van der Waals surface area contributed by atoms with Gasteiger partial charge in [0.1, 0.15) is 7.14 Å². The number of fused-ring (bicyclic) bond motifs is 1. The summed E-state index contributed by atoms with van der Waals surface area (Å²) in [5, 5.41) is 1.10. The first-order valence-electron chi connectivity index (χ1n) is 5.01. The molecular weight excluding hydrogens is 191 g/mol. The minimum atomic E-state index is -2.07. The number of rotatable bonds is 0. The largest absolute Gasteiger partial charge is 0.319 e. The monoisotopic (exact) mass is 208 g/mol. The molecule has 1 aromatic rings. The van der Waals surface area contributed by atoms with Gasteiger partial charge in [0, 0.05) is 11.5 Å². The van der Waals surface area contributed by atoms with Crippen molar-refractivity contribution < 1.29 is 4.57 Å². The second-order valence-corrected chi connectivity index (χ2v) is 8.16. The van der Waals surface area contributed by atoms with E-state index in [1.807, 2.05) is 6.66 Å². The molecule has 0 fully saturated rings. The zero-order valence-electron chi connectivity index (χ0n) is 9.29. The molecule has 1 aromatic carbocycles. The molecule has 0 spiro atoms. The van der Waals surface area contributed by atoms with E-state index in [-0.39, 0.29) is 5.41 Å². The smallest absolute Gasteiger partial charge is 0.113 e. The summed E-state index contributed by atoms with van der Waals surface area (Å²) in [6.07, 6.45) is 0.818. The van der Waals surface area contributed by atoms with Gasteiger partial charge in [0.2, 0.25) is 0 Å². The molecule has 0 bridgehead atoms. The summed E-state index contributed by atoms with van der Waals surface area (Å²) in [4.78, 5) is 0. The highest BCUT2D eigenvalue weighted by atomic mass is 31.2. The lowest BCUT2D eigenvalue weighted by Crippen LogP contribution is -2.17. The van der Waals surface area contributed by atoms with E-state index in [1.165, 1.54) is 11.1 Å². The van der Waals surface area contributed by atoms with Crippen molar-refractivity contribution >= 4 is 12.4 Å². The normalized spacial score (nSPS) is 28.9. The maximum atomic E-state index is 12.4. The molecule has 0 amide bonds. The van der Waals surface area contributed by atoms with Crippen LogP contribution in [-0.4, -0.2) is 12.8 Å². The first kappa shape index (κ1) is 9.98.